The first kappa shape index (κ1) is 14.6. The third-order valence-corrected chi connectivity index (χ3v) is 4.67. The molecular weight excluding hydrogens is 284 g/mol. The number of sulfonamides is 1. The molecule has 0 aliphatic carbocycles. The Morgan fingerprint density at radius 3 is 2.70 bits per heavy atom. The van der Waals surface area contributed by atoms with Crippen LogP contribution in [0.4, 0.5) is 0 Å². The predicted octanol–water partition coefficient (Wildman–Crippen LogP) is 0.0365. The van der Waals surface area contributed by atoms with Gasteiger partial charge in [-0.1, -0.05) is 0 Å². The zero-order valence-electron chi connectivity index (χ0n) is 11.3. The summed E-state index contributed by atoms with van der Waals surface area (Å²) in [4.78, 5) is 11.9. The number of carbonyl (C=O) groups is 1. The van der Waals surface area contributed by atoms with E-state index in [1.54, 1.807) is 18.2 Å². The van der Waals surface area contributed by atoms with Crippen LogP contribution in [-0.4, -0.2) is 51.8 Å². The molecule has 8 heteroatoms. The van der Waals surface area contributed by atoms with Crippen molar-refractivity contribution in [1.29, 1.82) is 0 Å². The van der Waals surface area contributed by atoms with Gasteiger partial charge in [0.05, 0.1) is 5.75 Å². The fraction of sp³-hybridized carbons (Fsp3) is 0.417. The van der Waals surface area contributed by atoms with E-state index in [1.807, 2.05) is 0 Å². The first-order valence-corrected chi connectivity index (χ1v) is 7.59. The summed E-state index contributed by atoms with van der Waals surface area (Å²) in [7, 11) is -0.405. The minimum atomic E-state index is -3.31. The monoisotopic (exact) mass is 300 g/mol. The molecule has 0 atom stereocenters. The van der Waals surface area contributed by atoms with Crippen molar-refractivity contribution in [2.45, 2.75) is 0 Å². The highest BCUT2D eigenvalue weighted by Gasteiger charge is 2.17. The smallest absolute Gasteiger partial charge is 0.251 e. The van der Waals surface area contributed by atoms with Crippen molar-refractivity contribution in [3.63, 3.8) is 0 Å². The van der Waals surface area contributed by atoms with Crippen LogP contribution in [0.25, 0.3) is 0 Å². The SMILES string of the molecule is CN(C)S(=O)(=O)CCNC(=O)c1ccc2c(c1)OCO2. The number of amides is 1. The normalized spacial score (nSPS) is 13.6. The van der Waals surface area contributed by atoms with Crippen LogP contribution in [-0.2, 0) is 10.0 Å². The second kappa shape index (κ2) is 5.68. The molecule has 1 aliphatic rings. The van der Waals surface area contributed by atoms with Gasteiger partial charge in [0.25, 0.3) is 5.91 Å². The van der Waals surface area contributed by atoms with Gasteiger partial charge in [-0.3, -0.25) is 4.79 Å². The molecule has 2 rings (SSSR count). The summed E-state index contributed by atoms with van der Waals surface area (Å²) in [6.45, 7) is 0.190. The van der Waals surface area contributed by atoms with Gasteiger partial charge in [0.15, 0.2) is 11.5 Å². The van der Waals surface area contributed by atoms with Gasteiger partial charge in [-0.05, 0) is 18.2 Å². The Labute approximate surface area is 117 Å². The Balaban J connectivity index is 1.93. The quantitative estimate of drug-likeness (QED) is 0.829. The van der Waals surface area contributed by atoms with Crippen molar-refractivity contribution in [1.82, 2.24) is 9.62 Å². The molecule has 1 aromatic rings. The maximum absolute atomic E-state index is 11.9. The van der Waals surface area contributed by atoms with Crippen molar-refractivity contribution in [2.24, 2.45) is 0 Å². The van der Waals surface area contributed by atoms with Gasteiger partial charge in [-0.2, -0.15) is 0 Å². The van der Waals surface area contributed by atoms with Crippen LogP contribution >= 0.6 is 0 Å². The van der Waals surface area contributed by atoms with Crippen LogP contribution in [0.2, 0.25) is 0 Å². The fourth-order valence-corrected chi connectivity index (χ4v) is 2.34. The van der Waals surface area contributed by atoms with Crippen LogP contribution < -0.4 is 14.8 Å². The van der Waals surface area contributed by atoms with Gasteiger partial charge < -0.3 is 14.8 Å². The van der Waals surface area contributed by atoms with Gasteiger partial charge in [0.2, 0.25) is 16.8 Å². The summed E-state index contributed by atoms with van der Waals surface area (Å²) in [6.07, 6.45) is 0. The predicted molar refractivity (Wildman–Crippen MR) is 72.4 cm³/mol. The number of ether oxygens (including phenoxy) is 2. The molecule has 0 radical (unpaired) electrons. The second-order valence-electron chi connectivity index (χ2n) is 4.42. The number of carbonyl (C=O) groups excluding carboxylic acids is 1. The van der Waals surface area contributed by atoms with E-state index in [-0.39, 0.29) is 25.0 Å². The first-order chi connectivity index (χ1) is 9.40. The molecule has 7 nitrogen and oxygen atoms in total. The fourth-order valence-electron chi connectivity index (χ4n) is 1.62. The van der Waals surface area contributed by atoms with Crippen molar-refractivity contribution >= 4 is 15.9 Å². The van der Waals surface area contributed by atoms with Crippen LogP contribution in [0.15, 0.2) is 18.2 Å². The lowest BCUT2D eigenvalue weighted by Gasteiger charge is -2.11. The lowest BCUT2D eigenvalue weighted by Crippen LogP contribution is -2.33. The highest BCUT2D eigenvalue weighted by atomic mass is 32.2. The van der Waals surface area contributed by atoms with E-state index in [4.69, 9.17) is 9.47 Å². The highest BCUT2D eigenvalue weighted by molar-refractivity contribution is 7.89. The maximum atomic E-state index is 11.9. The number of hydrogen-bond acceptors (Lipinski definition) is 5. The number of nitrogens with zero attached hydrogens (tertiary/aromatic N) is 1. The molecular formula is C12H16N2O5S. The summed E-state index contributed by atoms with van der Waals surface area (Å²) < 4.78 is 34.5. The van der Waals surface area contributed by atoms with E-state index in [2.05, 4.69) is 5.32 Å². The van der Waals surface area contributed by atoms with Crippen LogP contribution in [0, 0.1) is 0 Å². The number of rotatable bonds is 5. The zero-order valence-corrected chi connectivity index (χ0v) is 12.1. The van der Waals surface area contributed by atoms with Crippen molar-refractivity contribution < 1.29 is 22.7 Å². The number of hydrogen-bond donors (Lipinski definition) is 1. The van der Waals surface area contributed by atoms with Crippen molar-refractivity contribution in [3.8, 4) is 11.5 Å². The Bertz CT molecular complexity index is 612. The van der Waals surface area contributed by atoms with Gasteiger partial charge in [0.1, 0.15) is 0 Å². The average molecular weight is 300 g/mol. The third-order valence-electron chi connectivity index (χ3n) is 2.84. The van der Waals surface area contributed by atoms with Crippen molar-refractivity contribution in [2.75, 3.05) is 33.2 Å². The van der Waals surface area contributed by atoms with E-state index in [1.165, 1.54) is 14.1 Å². The number of fused-ring (bicyclic) bond motifs is 1. The molecule has 1 N–H and O–H groups in total. The Morgan fingerprint density at radius 1 is 1.30 bits per heavy atom. The topological polar surface area (TPSA) is 84.9 Å². The standard InChI is InChI=1S/C12H16N2O5S/c1-14(2)20(16,17)6-5-13-12(15)9-3-4-10-11(7-9)19-8-18-10/h3-4,7H,5-6,8H2,1-2H3,(H,13,15). The molecule has 1 amide bonds. The van der Waals surface area contributed by atoms with Crippen LogP contribution in [0.1, 0.15) is 10.4 Å². The molecule has 0 fully saturated rings. The second-order valence-corrected chi connectivity index (χ2v) is 6.72. The van der Waals surface area contributed by atoms with Gasteiger partial charge in [-0.15, -0.1) is 0 Å². The van der Waals surface area contributed by atoms with Crippen LogP contribution in [0.5, 0.6) is 11.5 Å². The summed E-state index contributed by atoms with van der Waals surface area (Å²) in [5.74, 6) is 0.614. The highest BCUT2D eigenvalue weighted by Crippen LogP contribution is 2.32. The van der Waals surface area contributed by atoms with E-state index < -0.39 is 10.0 Å². The molecule has 0 aromatic heterocycles. The Kier molecular flexibility index (Phi) is 4.15. The van der Waals surface area contributed by atoms with Crippen LogP contribution in [0.3, 0.4) is 0 Å². The lowest BCUT2D eigenvalue weighted by molar-refractivity contribution is 0.0955. The van der Waals surface area contributed by atoms with E-state index in [0.29, 0.717) is 17.1 Å². The largest absolute Gasteiger partial charge is 0.454 e. The molecule has 0 spiro atoms. The summed E-state index contributed by atoms with van der Waals surface area (Å²) in [5.41, 5.74) is 0.400. The molecule has 1 aromatic carbocycles. The van der Waals surface area contributed by atoms with E-state index >= 15 is 0 Å². The molecule has 0 bridgehead atoms. The molecule has 0 saturated heterocycles. The van der Waals surface area contributed by atoms with Gasteiger partial charge in [-0.25, -0.2) is 12.7 Å². The minimum Gasteiger partial charge on any atom is -0.454 e. The summed E-state index contributed by atoms with van der Waals surface area (Å²) in [6, 6.07) is 4.81. The number of nitrogens with one attached hydrogen (secondary N) is 1. The minimum absolute atomic E-state index is 0.0494. The first-order valence-electron chi connectivity index (χ1n) is 5.98. The summed E-state index contributed by atoms with van der Waals surface area (Å²) in [5, 5.41) is 2.56. The molecule has 110 valence electrons. The Morgan fingerprint density at radius 2 is 2.00 bits per heavy atom. The lowest BCUT2D eigenvalue weighted by atomic mass is 10.2. The van der Waals surface area contributed by atoms with Crippen molar-refractivity contribution in [3.05, 3.63) is 23.8 Å². The summed E-state index contributed by atoms with van der Waals surface area (Å²) >= 11 is 0. The Hall–Kier alpha value is -1.80. The molecule has 1 aliphatic heterocycles. The van der Waals surface area contributed by atoms with Gasteiger partial charge in [0, 0.05) is 26.2 Å². The number of benzene rings is 1. The third kappa shape index (κ3) is 3.20. The zero-order chi connectivity index (χ0) is 14.8. The van der Waals surface area contributed by atoms with E-state index in [9.17, 15) is 13.2 Å². The molecule has 20 heavy (non-hydrogen) atoms. The van der Waals surface area contributed by atoms with E-state index in [0.717, 1.165) is 4.31 Å². The van der Waals surface area contributed by atoms with Gasteiger partial charge >= 0.3 is 0 Å². The molecule has 0 unspecified atom stereocenters. The molecule has 0 saturated carbocycles. The average Bonchev–Trinajstić information content (AvgIpc) is 2.85. The molecule has 1 heterocycles. The maximum Gasteiger partial charge on any atom is 0.251 e.